The molecule has 0 rings (SSSR count). The molecule has 0 aromatic rings. The number of aliphatic hydroxyl groups is 1. The molecule has 342 valence electrons. The van der Waals surface area contributed by atoms with E-state index in [0.29, 0.717) is 31.3 Å². The fraction of sp³-hybridized carbons (Fsp3) is 0.978. The minimum absolute atomic E-state index is 0.118. The summed E-state index contributed by atoms with van der Waals surface area (Å²) >= 11 is 0. The zero-order chi connectivity index (χ0) is 43.3. The van der Waals surface area contributed by atoms with Crippen molar-refractivity contribution in [2.24, 2.45) is 41.4 Å². The molecule has 0 aromatic carbocycles. The molecule has 0 heterocycles. The smallest absolute Gasteiger partial charge is 0.268 e. The van der Waals surface area contributed by atoms with Gasteiger partial charge in [0.1, 0.15) is 24.7 Å². The summed E-state index contributed by atoms with van der Waals surface area (Å²) in [7, 11) is -4.81. The zero-order valence-corrected chi connectivity index (χ0v) is 39.6. The Balaban J connectivity index is 4.68. The molecule has 57 heavy (non-hydrogen) atoms. The molecule has 11 heteroatoms. The predicted molar refractivity (Wildman–Crippen MR) is 230 cm³/mol. The molecule has 0 saturated carbocycles. The van der Waals surface area contributed by atoms with Gasteiger partial charge in [0.15, 0.2) is 0 Å². The number of aliphatic carboxylic acids is 1. The van der Waals surface area contributed by atoms with E-state index in [9.17, 15) is 24.5 Å². The Morgan fingerprint density at radius 2 is 0.982 bits per heavy atom. The van der Waals surface area contributed by atoms with Crippen molar-refractivity contribution in [3.8, 4) is 0 Å². The van der Waals surface area contributed by atoms with Gasteiger partial charge in [-0.15, -0.1) is 0 Å². The van der Waals surface area contributed by atoms with Gasteiger partial charge in [-0.2, -0.15) is 0 Å². The maximum Gasteiger partial charge on any atom is 0.268 e. The van der Waals surface area contributed by atoms with Gasteiger partial charge < -0.3 is 44.2 Å². The molecule has 0 saturated heterocycles. The van der Waals surface area contributed by atoms with Crippen LogP contribution in [0.1, 0.15) is 198 Å². The molecule has 0 radical (unpaired) electrons. The fourth-order valence-corrected chi connectivity index (χ4v) is 8.21. The second-order valence-corrected chi connectivity index (χ2v) is 20.9. The number of hydrogen-bond acceptors (Lipinski definition) is 9. The first-order chi connectivity index (χ1) is 26.7. The van der Waals surface area contributed by atoms with E-state index >= 15 is 0 Å². The van der Waals surface area contributed by atoms with Crippen LogP contribution in [-0.4, -0.2) is 61.9 Å². The minimum atomic E-state index is -4.81. The molecule has 0 amide bonds. The first-order valence-electron chi connectivity index (χ1n) is 23.3. The molecule has 0 bridgehead atoms. The molecule has 1 unspecified atom stereocenters. The van der Waals surface area contributed by atoms with E-state index in [4.69, 9.17) is 18.5 Å². The van der Waals surface area contributed by atoms with Crippen molar-refractivity contribution in [3.63, 3.8) is 0 Å². The van der Waals surface area contributed by atoms with Crippen LogP contribution in [0.15, 0.2) is 0 Å². The number of hydrogen-bond donors (Lipinski definition) is 2. The number of quaternary nitrogens is 1. The molecule has 0 fully saturated rings. The summed E-state index contributed by atoms with van der Waals surface area (Å²) in [5, 5.41) is 22.0. The molecular weight excluding hydrogens is 741 g/mol. The van der Waals surface area contributed by atoms with Crippen LogP contribution in [-0.2, 0) is 27.9 Å². The predicted octanol–water partition coefficient (Wildman–Crippen LogP) is 9.30. The van der Waals surface area contributed by atoms with Crippen molar-refractivity contribution in [1.82, 2.24) is 0 Å². The topological polar surface area (TPSA) is 165 Å². The van der Waals surface area contributed by atoms with Crippen molar-refractivity contribution in [3.05, 3.63) is 0 Å². The summed E-state index contributed by atoms with van der Waals surface area (Å²) in [4.78, 5) is 23.3. The number of carboxylic acids is 1. The van der Waals surface area contributed by atoms with E-state index in [1.54, 1.807) is 0 Å². The Kier molecular flexibility index (Phi) is 32.8. The van der Waals surface area contributed by atoms with Gasteiger partial charge in [0.05, 0.1) is 18.8 Å². The van der Waals surface area contributed by atoms with Gasteiger partial charge in [0.25, 0.3) is 7.82 Å². The monoisotopic (exact) mass is 835 g/mol. The molecule has 0 aliphatic rings. The minimum Gasteiger partial charge on any atom is -0.756 e. The fourth-order valence-electron chi connectivity index (χ4n) is 7.42. The van der Waals surface area contributed by atoms with Crippen LogP contribution in [0.25, 0.3) is 0 Å². The molecular formula is C46H93NO9P-. The maximum absolute atomic E-state index is 12.4. The van der Waals surface area contributed by atoms with Crippen molar-refractivity contribution < 1.29 is 48.7 Å². The second kappa shape index (κ2) is 33.1. The lowest BCUT2D eigenvalue weighted by Gasteiger charge is -2.28. The van der Waals surface area contributed by atoms with Gasteiger partial charge in [-0.25, -0.2) is 0 Å². The summed E-state index contributed by atoms with van der Waals surface area (Å²) < 4.78 is 34.1. The van der Waals surface area contributed by atoms with Gasteiger partial charge in [0, 0.05) is 13.2 Å². The van der Waals surface area contributed by atoms with Crippen LogP contribution >= 0.6 is 7.82 Å². The SMILES string of the molecule is CC(C)CCC[C@@H](C)CCC[C@@H](C)CCC[C@@H](C)CCOC[C@@H](COP(=O)([O-])OC[C@H]([NH3+])C(=O)[O-])OCC[C@](C)(O)CCC[C@H](C)CCC[C@H](C)CCCC(C)C. The Morgan fingerprint density at radius 3 is 1.40 bits per heavy atom. The average molecular weight is 835 g/mol. The number of carbonyl (C=O) groups excluding carboxylic acids is 1. The van der Waals surface area contributed by atoms with Gasteiger partial charge in [0.2, 0.25) is 0 Å². The second-order valence-electron chi connectivity index (χ2n) is 19.5. The highest BCUT2D eigenvalue weighted by atomic mass is 31.2. The molecule has 9 atom stereocenters. The van der Waals surface area contributed by atoms with E-state index in [0.717, 1.165) is 55.3 Å². The lowest BCUT2D eigenvalue weighted by atomic mass is 9.89. The van der Waals surface area contributed by atoms with Crippen LogP contribution < -0.4 is 15.7 Å². The summed E-state index contributed by atoms with van der Waals surface area (Å²) in [6.07, 6.45) is 22.5. The van der Waals surface area contributed by atoms with E-state index in [-0.39, 0.29) is 19.8 Å². The van der Waals surface area contributed by atoms with Gasteiger partial charge >= 0.3 is 0 Å². The van der Waals surface area contributed by atoms with E-state index in [1.165, 1.54) is 89.9 Å². The van der Waals surface area contributed by atoms with Crippen molar-refractivity contribution in [2.75, 3.05) is 33.0 Å². The molecule has 0 aliphatic heterocycles. The highest BCUT2D eigenvalue weighted by Crippen LogP contribution is 2.38. The Morgan fingerprint density at radius 1 is 0.596 bits per heavy atom. The van der Waals surface area contributed by atoms with Crippen LogP contribution in [0.2, 0.25) is 0 Å². The Hall–Kier alpha value is -0.580. The first-order valence-corrected chi connectivity index (χ1v) is 24.7. The maximum atomic E-state index is 12.4. The molecule has 4 N–H and O–H groups in total. The molecule has 0 aromatic heterocycles. The molecule has 0 spiro atoms. The summed E-state index contributed by atoms with van der Waals surface area (Å²) in [6, 6.07) is -1.35. The van der Waals surface area contributed by atoms with Crippen LogP contribution in [0.5, 0.6) is 0 Å². The largest absolute Gasteiger partial charge is 0.756 e. The zero-order valence-electron chi connectivity index (χ0n) is 38.7. The van der Waals surface area contributed by atoms with Gasteiger partial charge in [-0.1, -0.05) is 171 Å². The summed E-state index contributed by atoms with van der Waals surface area (Å²) in [5.41, 5.74) is 2.40. The van der Waals surface area contributed by atoms with Crippen molar-refractivity contribution in [1.29, 1.82) is 0 Å². The van der Waals surface area contributed by atoms with Crippen molar-refractivity contribution in [2.45, 2.75) is 215 Å². The van der Waals surface area contributed by atoms with Crippen LogP contribution in [0.3, 0.4) is 0 Å². The molecule has 10 nitrogen and oxygen atoms in total. The third kappa shape index (κ3) is 35.8. The van der Waals surface area contributed by atoms with Gasteiger partial charge in [-0.05, 0) is 67.6 Å². The summed E-state index contributed by atoms with van der Waals surface area (Å²) in [5.74, 6) is 3.54. The van der Waals surface area contributed by atoms with E-state index in [2.05, 4.69) is 68.0 Å². The van der Waals surface area contributed by atoms with E-state index < -0.39 is 38.1 Å². The number of carboxylic acid groups (broad SMARTS) is 1. The lowest BCUT2D eigenvalue weighted by Crippen LogP contribution is -2.70. The number of carbonyl (C=O) groups is 1. The standard InChI is InChI=1S/C46H94NO9P/c1-36(2)17-11-19-38(5)21-13-23-40(7)24-15-26-42(9)28-31-53-33-43(34-55-57(51,52)56-35-44(47)45(48)49)54-32-30-46(10,50)29-16-27-41(8)25-14-22-39(6)20-12-18-37(3)4/h36-44,50H,11-35,47H2,1-10H3,(H,48,49)(H,51,52)/p-1/t38-,39-,40-,41-,42-,43+,44+,46-/m1/s1. The number of phosphoric acid groups is 1. The highest BCUT2D eigenvalue weighted by Gasteiger charge is 2.23. The average Bonchev–Trinajstić information content (AvgIpc) is 3.10. The van der Waals surface area contributed by atoms with Crippen LogP contribution in [0, 0.1) is 41.4 Å². The quantitative estimate of drug-likeness (QED) is 0.0452. The van der Waals surface area contributed by atoms with E-state index in [1.807, 2.05) is 6.92 Å². The summed E-state index contributed by atoms with van der Waals surface area (Å²) in [6.45, 7) is 22.5. The lowest BCUT2D eigenvalue weighted by molar-refractivity contribution is -0.441. The molecule has 0 aliphatic carbocycles. The number of phosphoric ester groups is 1. The van der Waals surface area contributed by atoms with Crippen molar-refractivity contribution >= 4 is 13.8 Å². The number of ether oxygens (including phenoxy) is 2. The normalized spacial score (nSPS) is 18.2. The van der Waals surface area contributed by atoms with Crippen LogP contribution in [0.4, 0.5) is 0 Å². The number of rotatable bonds is 40. The third-order valence-corrected chi connectivity index (χ3v) is 12.7. The first kappa shape index (κ1) is 56.4. The Labute approximate surface area is 351 Å². The third-order valence-electron chi connectivity index (χ3n) is 11.8. The highest BCUT2D eigenvalue weighted by molar-refractivity contribution is 7.45. The van der Waals surface area contributed by atoms with Gasteiger partial charge in [-0.3, -0.25) is 4.57 Å². The Bertz CT molecular complexity index is 1010.